The summed E-state index contributed by atoms with van der Waals surface area (Å²) in [5.74, 6) is 4.59. The zero-order valence-electron chi connectivity index (χ0n) is 84.6. The number of hydrogen-bond acceptors (Lipinski definition) is 30. The van der Waals surface area contributed by atoms with Crippen LogP contribution in [0.5, 0.6) is 0 Å². The fraction of sp³-hybridized carbons (Fsp3) is 0.880. The molecule has 34 nitrogen and oxygen atoms in total. The molecule has 3 aromatic rings. The molecule has 0 bridgehead atoms. The summed E-state index contributed by atoms with van der Waals surface area (Å²) >= 11 is 0. The summed E-state index contributed by atoms with van der Waals surface area (Å²) in [5, 5.41) is 28.3. The van der Waals surface area contributed by atoms with Gasteiger partial charge in [0, 0.05) is 119 Å². The van der Waals surface area contributed by atoms with Crippen LogP contribution in [0.2, 0.25) is 0 Å². The van der Waals surface area contributed by atoms with Crippen LogP contribution in [0.4, 0.5) is 0 Å². The largest absolute Gasteiger partial charge is 0.380 e. The van der Waals surface area contributed by atoms with Crippen molar-refractivity contribution < 1.29 is 114 Å². The van der Waals surface area contributed by atoms with Crippen molar-refractivity contribution >= 4 is 34.8 Å². The zero-order chi connectivity index (χ0) is 96.8. The van der Waals surface area contributed by atoms with Gasteiger partial charge in [-0.05, 0) is 118 Å². The van der Waals surface area contributed by atoms with Crippen LogP contribution in [0.3, 0.4) is 0 Å². The molecule has 0 spiro atoms. The molecule has 34 heteroatoms. The maximum Gasteiger partial charge on any atom is 0.222 e. The first-order valence-electron chi connectivity index (χ1n) is 51.2. The van der Waals surface area contributed by atoms with Crippen LogP contribution in [0.25, 0.3) is 0 Å². The van der Waals surface area contributed by atoms with E-state index in [1.165, 1.54) is 0 Å². The van der Waals surface area contributed by atoms with Gasteiger partial charge in [0.1, 0.15) is 28.9 Å². The van der Waals surface area contributed by atoms with E-state index in [0.29, 0.717) is 314 Å². The Kier molecular flexibility index (Phi) is 62.1. The lowest BCUT2D eigenvalue weighted by atomic mass is 9.78. The first kappa shape index (κ1) is 117. The third-order valence-electron chi connectivity index (χ3n) is 27.2. The highest BCUT2D eigenvalue weighted by molar-refractivity contribution is 5.80. The van der Waals surface area contributed by atoms with Crippen LogP contribution >= 0.6 is 0 Å². The summed E-state index contributed by atoms with van der Waals surface area (Å²) in [4.78, 5) is 77.9. The summed E-state index contributed by atoms with van der Waals surface area (Å²) in [6.45, 7) is 43.8. The molecule has 134 heavy (non-hydrogen) atoms. The number of aryl methyl sites for hydroxylation is 3. The molecule has 0 saturated carbocycles. The zero-order valence-corrected chi connectivity index (χ0v) is 84.6. The third-order valence-corrected chi connectivity index (χ3v) is 27.2. The maximum absolute atomic E-state index is 13.1. The van der Waals surface area contributed by atoms with E-state index in [1.807, 2.05) is 18.6 Å². The van der Waals surface area contributed by atoms with Gasteiger partial charge in [0.2, 0.25) is 5.91 Å². The molecule has 6 rings (SSSR count). The number of nitrogens with zero attached hydrogens (tertiary/aromatic N) is 9. The maximum atomic E-state index is 13.1. The Morgan fingerprint density at radius 1 is 0.313 bits per heavy atom. The molecule has 0 radical (unpaired) electrons. The fourth-order valence-corrected chi connectivity index (χ4v) is 16.9. The summed E-state index contributed by atoms with van der Waals surface area (Å²) in [7, 11) is 0. The Hall–Kier alpha value is -5.48. The molecule has 1 N–H and O–H groups in total. The smallest absolute Gasteiger partial charge is 0.222 e. The minimum Gasteiger partial charge on any atom is -0.380 e. The normalized spacial score (nSPS) is 22.6. The van der Waals surface area contributed by atoms with E-state index in [0.717, 1.165) is 68.4 Å². The molecule has 3 aromatic heterocycles. The van der Waals surface area contributed by atoms with Gasteiger partial charge in [0.15, 0.2) is 18.9 Å². The second-order valence-electron chi connectivity index (χ2n) is 37.5. The Bertz CT molecular complexity index is 3410. The van der Waals surface area contributed by atoms with E-state index in [2.05, 4.69) is 133 Å². The first-order chi connectivity index (χ1) is 64.9. The fourth-order valence-electron chi connectivity index (χ4n) is 16.9. The second-order valence-corrected chi connectivity index (χ2v) is 37.5. The van der Waals surface area contributed by atoms with Crippen molar-refractivity contribution in [2.75, 3.05) is 185 Å². The standard InChI is InChI=1S/C100H176N10O24/c1-15-93-79(9)76(6)82(12)97(132-93)129-66-63-123-60-57-120-54-51-117-48-42-108-69-85(102-105-108)32-35-88(111)27-21-18-19-22-29-91(114)38-45-126-72-100(75(4)5,73-127-46-39-92(115)30-24-20-23-28-89(112)36-33-86-70-109(106-103-86)43-49-118-52-55-121-58-61-124-64-67-130-98-83(13)77(7)80(10)94(16-2)133-98)74-128-47-40-96(116)101-41-26-25-31-90(113)37-34-87-71-110(107-104-87)44-50-119-53-56-122-59-62-125-65-68-131-99-84(14)78(8)81(11)95(17-3)134-99/h69-71,75-84,93-95,97-99H,15-68,72-74H2,1-14H3,(H,101,116)/t76-,77-,78-,79-,80-,81-,82?,83?,84?,93?,94?,95?,97-,98-,99-,100?/m0/s1. The number of Topliss-reactive ketones (excluding diaryl/α,β-unsaturated/α-hetero) is 5. The Labute approximate surface area is 801 Å². The SMILES string of the molecule is CCC1O[C@H](OCCOCCOCCOCCn2cc(CCC(=O)CCCCCCC(=O)CCOCC(COCCC(=O)CCCCCC(=O)CCc3cn(CCOCCOCCOCCO[C@H]4OC(CC)[C@@H](C)[C@H](C)C4C)nn3)(COCCC(=O)NCCCCC(=O)CCc3cn(CCOCCOCCOCCO[C@H]4OC(CC)[C@@H](C)[C@H](C)C4C)nn3)C(C)C)nn2)C(C)[C@@H](C)[C@@H]1C. The molecule has 7 unspecified atom stereocenters. The minimum atomic E-state index is -0.658. The van der Waals surface area contributed by atoms with E-state index in [4.69, 9.17) is 85.3 Å². The van der Waals surface area contributed by atoms with E-state index >= 15 is 0 Å². The van der Waals surface area contributed by atoms with Gasteiger partial charge < -0.3 is 90.6 Å². The van der Waals surface area contributed by atoms with Crippen molar-refractivity contribution in [1.29, 1.82) is 0 Å². The van der Waals surface area contributed by atoms with Crippen LogP contribution in [0.15, 0.2) is 18.6 Å². The lowest BCUT2D eigenvalue weighted by molar-refractivity contribution is -0.251. The number of nitrogens with one attached hydrogen (secondary N) is 1. The first-order valence-corrected chi connectivity index (χ1v) is 51.2. The lowest BCUT2D eigenvalue weighted by Gasteiger charge is -2.43. The number of amides is 1. The average Bonchev–Trinajstić information content (AvgIpc) is 1.04. The molecular weight excluding hydrogens is 1730 g/mol. The molecule has 16 atom stereocenters. The molecule has 3 fully saturated rings. The van der Waals surface area contributed by atoms with E-state index < -0.39 is 5.41 Å². The monoisotopic (exact) mass is 1900 g/mol. The highest BCUT2D eigenvalue weighted by Crippen LogP contribution is 2.40. The number of ketones is 5. The number of unbranched alkanes of at least 4 members (excludes halogenated alkanes) is 6. The molecule has 1 amide bonds. The number of carbonyl (C=O) groups is 6. The van der Waals surface area contributed by atoms with Crippen molar-refractivity contribution in [2.45, 2.75) is 321 Å². The molecule has 0 aliphatic carbocycles. The number of carbonyl (C=O) groups excluding carboxylic acids is 6. The predicted molar refractivity (Wildman–Crippen MR) is 506 cm³/mol. The van der Waals surface area contributed by atoms with Gasteiger partial charge in [0.25, 0.3) is 0 Å². The topological polar surface area (TPSA) is 373 Å². The van der Waals surface area contributed by atoms with E-state index in [9.17, 15) is 28.8 Å². The number of rotatable bonds is 85. The molecule has 3 aliphatic rings. The summed E-state index contributed by atoms with van der Waals surface area (Å²) in [6, 6.07) is 0. The lowest BCUT2D eigenvalue weighted by Crippen LogP contribution is -2.45. The van der Waals surface area contributed by atoms with Gasteiger partial charge in [-0.15, -0.1) is 15.3 Å². The molecule has 770 valence electrons. The molecule has 6 heterocycles. The van der Waals surface area contributed by atoms with Crippen molar-refractivity contribution in [3.05, 3.63) is 35.7 Å². The summed E-state index contributed by atoms with van der Waals surface area (Å²) in [6.07, 6.45) is 20.4. The van der Waals surface area contributed by atoms with Crippen molar-refractivity contribution in [3.8, 4) is 0 Å². The van der Waals surface area contributed by atoms with Gasteiger partial charge in [-0.1, -0.05) is 132 Å². The van der Waals surface area contributed by atoms with Gasteiger partial charge in [-0.3, -0.25) is 28.8 Å². The van der Waals surface area contributed by atoms with Crippen LogP contribution in [-0.4, -0.2) is 302 Å². The van der Waals surface area contributed by atoms with Crippen LogP contribution < -0.4 is 5.32 Å². The van der Waals surface area contributed by atoms with E-state index in [1.54, 1.807) is 14.0 Å². The average molecular weight is 1900 g/mol. The number of ether oxygens (including phenoxy) is 18. The second kappa shape index (κ2) is 71.0. The van der Waals surface area contributed by atoms with Crippen molar-refractivity contribution in [1.82, 2.24) is 50.3 Å². The Morgan fingerprint density at radius 3 is 0.866 bits per heavy atom. The Morgan fingerprint density at radius 2 is 0.575 bits per heavy atom. The number of hydrogen-bond donors (Lipinski definition) is 1. The van der Waals surface area contributed by atoms with E-state index in [-0.39, 0.29) is 137 Å². The number of aromatic nitrogens is 9. The molecule has 3 saturated heterocycles. The highest BCUT2D eigenvalue weighted by atomic mass is 16.7. The van der Waals surface area contributed by atoms with Crippen LogP contribution in [0, 0.1) is 64.6 Å². The van der Waals surface area contributed by atoms with Gasteiger partial charge in [0.05, 0.1) is 233 Å². The molecule has 0 aromatic carbocycles. The van der Waals surface area contributed by atoms with Gasteiger partial charge in [-0.2, -0.15) is 0 Å². The third kappa shape index (κ3) is 48.6. The molecule has 3 aliphatic heterocycles. The Balaban J connectivity index is 0.789. The molecular formula is C100H176N10O24. The summed E-state index contributed by atoms with van der Waals surface area (Å²) in [5.41, 5.74) is 1.59. The summed E-state index contributed by atoms with van der Waals surface area (Å²) < 4.78 is 112. The minimum absolute atomic E-state index is 0.00690. The predicted octanol–water partition coefficient (Wildman–Crippen LogP) is 13.3. The van der Waals surface area contributed by atoms with Crippen LogP contribution in [0.1, 0.15) is 262 Å². The highest BCUT2D eigenvalue weighted by Gasteiger charge is 2.42. The van der Waals surface area contributed by atoms with Gasteiger partial charge in [-0.25, -0.2) is 14.0 Å². The van der Waals surface area contributed by atoms with Crippen molar-refractivity contribution in [3.63, 3.8) is 0 Å². The quantitative estimate of drug-likeness (QED) is 0.0513. The van der Waals surface area contributed by atoms with Gasteiger partial charge >= 0.3 is 0 Å². The van der Waals surface area contributed by atoms with Crippen molar-refractivity contribution in [2.24, 2.45) is 64.6 Å². The van der Waals surface area contributed by atoms with Crippen LogP contribution in [-0.2, 0) is 153 Å².